The SMILES string of the molecule is COC(=O)Oc1c2n(cc(C(=O)NCc3ccc(F)cc3F)c1=O)[C@@H]1CN(C2=O)C(C)CC[C@]12CC(OC)=NO2. The van der Waals surface area contributed by atoms with Gasteiger partial charge in [0.05, 0.1) is 26.7 Å². The lowest BCUT2D eigenvalue weighted by molar-refractivity contribution is -0.0655. The average Bonchev–Trinajstić information content (AvgIpc) is 3.31. The summed E-state index contributed by atoms with van der Waals surface area (Å²) in [6, 6.07) is 1.93. The van der Waals surface area contributed by atoms with Gasteiger partial charge in [0.2, 0.25) is 17.1 Å². The van der Waals surface area contributed by atoms with Crippen molar-refractivity contribution in [2.45, 2.75) is 50.4 Å². The minimum absolute atomic E-state index is 0.0232. The molecule has 3 atom stereocenters. The largest absolute Gasteiger partial charge is 0.513 e. The van der Waals surface area contributed by atoms with Gasteiger partial charge >= 0.3 is 6.16 Å². The second-order valence-electron chi connectivity index (χ2n) is 9.81. The molecule has 1 fully saturated rings. The van der Waals surface area contributed by atoms with Gasteiger partial charge < -0.3 is 33.8 Å². The Morgan fingerprint density at radius 3 is 2.70 bits per heavy atom. The zero-order valence-electron chi connectivity index (χ0n) is 21.9. The molecule has 212 valence electrons. The number of benzene rings is 1. The fourth-order valence-electron chi connectivity index (χ4n) is 5.33. The van der Waals surface area contributed by atoms with Gasteiger partial charge in [-0.3, -0.25) is 14.4 Å². The summed E-state index contributed by atoms with van der Waals surface area (Å²) in [5.74, 6) is -3.54. The summed E-state index contributed by atoms with van der Waals surface area (Å²) in [5.41, 5.74) is -2.80. The number of ether oxygens (including phenoxy) is 3. The van der Waals surface area contributed by atoms with Crippen LogP contribution in [0.1, 0.15) is 58.6 Å². The highest BCUT2D eigenvalue weighted by atomic mass is 19.1. The number of carbonyl (C=O) groups excluding carboxylic acids is 3. The number of fused-ring (bicyclic) bond motifs is 5. The van der Waals surface area contributed by atoms with E-state index in [1.165, 1.54) is 17.9 Å². The van der Waals surface area contributed by atoms with Crippen molar-refractivity contribution in [1.82, 2.24) is 14.8 Å². The van der Waals surface area contributed by atoms with E-state index in [1.54, 1.807) is 4.90 Å². The summed E-state index contributed by atoms with van der Waals surface area (Å²) >= 11 is 0. The minimum Gasteiger partial charge on any atom is -0.482 e. The van der Waals surface area contributed by atoms with E-state index in [0.29, 0.717) is 24.8 Å². The minimum atomic E-state index is -1.27. The van der Waals surface area contributed by atoms with Crippen LogP contribution in [0.2, 0.25) is 0 Å². The Hall–Kier alpha value is -4.49. The lowest BCUT2D eigenvalue weighted by Gasteiger charge is -2.41. The predicted octanol–water partition coefficient (Wildman–Crippen LogP) is 2.50. The molecule has 1 spiro atoms. The molecule has 1 saturated heterocycles. The van der Waals surface area contributed by atoms with Crippen molar-refractivity contribution in [1.29, 1.82) is 0 Å². The molecule has 2 bridgehead atoms. The first kappa shape index (κ1) is 27.1. The first-order chi connectivity index (χ1) is 19.1. The number of hydrogen-bond donors (Lipinski definition) is 1. The molecule has 0 saturated carbocycles. The Balaban J connectivity index is 1.62. The number of amides is 2. The highest BCUT2D eigenvalue weighted by molar-refractivity contribution is 6.00. The van der Waals surface area contributed by atoms with Crippen LogP contribution < -0.4 is 15.5 Å². The lowest BCUT2D eigenvalue weighted by atomic mass is 9.85. The third kappa shape index (κ3) is 4.52. The molecule has 0 radical (unpaired) electrons. The van der Waals surface area contributed by atoms with E-state index < -0.39 is 58.0 Å². The van der Waals surface area contributed by atoms with Crippen molar-refractivity contribution >= 4 is 23.9 Å². The molecule has 12 nitrogen and oxygen atoms in total. The van der Waals surface area contributed by atoms with Crippen LogP contribution in [0, 0.1) is 11.6 Å². The van der Waals surface area contributed by atoms with Crippen molar-refractivity contribution < 1.29 is 42.2 Å². The number of rotatable bonds is 4. The summed E-state index contributed by atoms with van der Waals surface area (Å²) in [4.78, 5) is 60.1. The number of hydrogen-bond acceptors (Lipinski definition) is 9. The van der Waals surface area contributed by atoms with Gasteiger partial charge in [-0.25, -0.2) is 13.6 Å². The second-order valence-corrected chi connectivity index (χ2v) is 9.81. The van der Waals surface area contributed by atoms with Gasteiger partial charge in [-0.1, -0.05) is 11.2 Å². The van der Waals surface area contributed by atoms with Gasteiger partial charge in [0, 0.05) is 37.0 Å². The van der Waals surface area contributed by atoms with Crippen LogP contribution in [0.5, 0.6) is 5.75 Å². The molecule has 3 aliphatic rings. The highest BCUT2D eigenvalue weighted by Gasteiger charge is 2.55. The van der Waals surface area contributed by atoms with E-state index in [0.717, 1.165) is 19.2 Å². The van der Waals surface area contributed by atoms with E-state index in [2.05, 4.69) is 15.2 Å². The van der Waals surface area contributed by atoms with Gasteiger partial charge in [-0.15, -0.1) is 0 Å². The number of aromatic nitrogens is 1. The van der Waals surface area contributed by atoms with Crippen LogP contribution in [0.3, 0.4) is 0 Å². The molecule has 2 amide bonds. The molecule has 2 aromatic rings. The molecule has 40 heavy (non-hydrogen) atoms. The lowest BCUT2D eigenvalue weighted by Crippen LogP contribution is -2.52. The maximum Gasteiger partial charge on any atom is 0.513 e. The summed E-state index contributed by atoms with van der Waals surface area (Å²) in [6.45, 7) is 1.64. The maximum atomic E-state index is 14.1. The summed E-state index contributed by atoms with van der Waals surface area (Å²) in [6.07, 6.45) is 1.18. The van der Waals surface area contributed by atoms with E-state index in [-0.39, 0.29) is 36.8 Å². The predicted molar refractivity (Wildman–Crippen MR) is 133 cm³/mol. The second kappa shape index (κ2) is 10.2. The fourth-order valence-corrected chi connectivity index (χ4v) is 5.33. The zero-order valence-corrected chi connectivity index (χ0v) is 21.9. The maximum absolute atomic E-state index is 14.1. The molecular weight excluding hydrogens is 534 g/mol. The van der Waals surface area contributed by atoms with E-state index in [9.17, 15) is 28.0 Å². The van der Waals surface area contributed by atoms with E-state index in [1.807, 2.05) is 6.92 Å². The van der Waals surface area contributed by atoms with Gasteiger partial charge in [-0.2, -0.15) is 0 Å². The molecule has 1 N–H and O–H groups in total. The topological polar surface area (TPSA) is 138 Å². The molecule has 5 rings (SSSR count). The number of carbonyl (C=O) groups is 3. The molecule has 1 unspecified atom stereocenters. The van der Waals surface area contributed by atoms with Crippen LogP contribution in [0.15, 0.2) is 34.3 Å². The molecule has 0 aliphatic carbocycles. The molecule has 4 heterocycles. The average molecular weight is 561 g/mol. The van der Waals surface area contributed by atoms with Gasteiger partial charge in [0.1, 0.15) is 17.2 Å². The fraction of sp³-hybridized carbons (Fsp3) is 0.423. The van der Waals surface area contributed by atoms with Gasteiger partial charge in [-0.05, 0) is 25.8 Å². The Morgan fingerprint density at radius 1 is 1.25 bits per heavy atom. The summed E-state index contributed by atoms with van der Waals surface area (Å²) in [7, 11) is 2.48. The Kier molecular flexibility index (Phi) is 6.94. The molecule has 14 heteroatoms. The van der Waals surface area contributed by atoms with Crippen LogP contribution in [0.25, 0.3) is 0 Å². The zero-order chi connectivity index (χ0) is 28.8. The Bertz CT molecular complexity index is 1490. The van der Waals surface area contributed by atoms with Crippen molar-refractivity contribution in [3.05, 3.63) is 63.1 Å². The number of oxime groups is 1. The Labute approximate surface area is 226 Å². The van der Waals surface area contributed by atoms with Crippen molar-refractivity contribution in [2.24, 2.45) is 5.16 Å². The molecule has 1 aromatic heterocycles. The van der Waals surface area contributed by atoms with Gasteiger partial charge in [0.25, 0.3) is 11.8 Å². The number of methoxy groups -OCH3 is 2. The number of nitrogens with zero attached hydrogens (tertiary/aromatic N) is 3. The van der Waals surface area contributed by atoms with Crippen LogP contribution >= 0.6 is 0 Å². The number of pyridine rings is 1. The third-order valence-electron chi connectivity index (χ3n) is 7.55. The van der Waals surface area contributed by atoms with E-state index in [4.69, 9.17) is 14.3 Å². The van der Waals surface area contributed by atoms with Crippen molar-refractivity contribution in [3.63, 3.8) is 0 Å². The summed E-state index contributed by atoms with van der Waals surface area (Å²) < 4.78 is 43.8. The molecular formula is C26H26F2N4O8. The first-order valence-corrected chi connectivity index (χ1v) is 12.5. The quantitative estimate of drug-likeness (QED) is 0.563. The molecule has 3 aliphatic heterocycles. The van der Waals surface area contributed by atoms with Gasteiger partial charge in [0.15, 0.2) is 11.3 Å². The Morgan fingerprint density at radius 2 is 2.02 bits per heavy atom. The smallest absolute Gasteiger partial charge is 0.482 e. The van der Waals surface area contributed by atoms with Crippen molar-refractivity contribution in [2.75, 3.05) is 20.8 Å². The first-order valence-electron chi connectivity index (χ1n) is 12.5. The normalized spacial score (nSPS) is 23.1. The highest BCUT2D eigenvalue weighted by Crippen LogP contribution is 2.46. The number of halogens is 2. The monoisotopic (exact) mass is 560 g/mol. The third-order valence-corrected chi connectivity index (χ3v) is 7.55. The number of nitrogens with one attached hydrogen (secondary N) is 1. The standard InChI is InChI=1S/C26H26F2N4O8/c1-13-6-7-26(9-19(37-2)30-40-26)18-12-31(13)24(35)20-22(39-25(36)38-3)21(33)16(11-32(18)20)23(34)29-10-14-4-5-15(27)8-17(14)28/h4-5,8,11,13,18H,6-7,9-10,12H2,1-3H3,(H,29,34)/t13?,18-,26+/m1/s1. The summed E-state index contributed by atoms with van der Waals surface area (Å²) in [5, 5.41) is 6.47. The van der Waals surface area contributed by atoms with Crippen LogP contribution in [0.4, 0.5) is 13.6 Å². The van der Waals surface area contributed by atoms with Crippen LogP contribution in [-0.2, 0) is 20.9 Å². The van der Waals surface area contributed by atoms with Crippen molar-refractivity contribution in [3.8, 4) is 5.75 Å². The van der Waals surface area contributed by atoms with Crippen LogP contribution in [-0.4, -0.2) is 65.7 Å². The molecule has 1 aromatic carbocycles. The van der Waals surface area contributed by atoms with E-state index >= 15 is 0 Å².